The number of imidazole rings is 1. The summed E-state index contributed by atoms with van der Waals surface area (Å²) in [7, 11) is 0. The monoisotopic (exact) mass is 351 g/mol. The van der Waals surface area contributed by atoms with Crippen LogP contribution in [0.5, 0.6) is 0 Å². The van der Waals surface area contributed by atoms with Crippen molar-refractivity contribution in [2.24, 2.45) is 5.92 Å². The molecule has 3 heterocycles. The second-order valence-corrected chi connectivity index (χ2v) is 8.06. The number of nitrogens with zero attached hydrogens (tertiary/aromatic N) is 3. The van der Waals surface area contributed by atoms with E-state index >= 15 is 0 Å². The molecule has 1 aromatic carbocycles. The molecule has 2 aliphatic heterocycles. The fourth-order valence-electron chi connectivity index (χ4n) is 4.34. The van der Waals surface area contributed by atoms with E-state index in [9.17, 15) is 4.79 Å². The van der Waals surface area contributed by atoms with Crippen LogP contribution in [0.3, 0.4) is 0 Å². The highest BCUT2D eigenvalue weighted by Crippen LogP contribution is 2.29. The van der Waals surface area contributed by atoms with Gasteiger partial charge in [0.05, 0.1) is 5.69 Å². The number of amides is 1. The van der Waals surface area contributed by atoms with Gasteiger partial charge in [0, 0.05) is 25.2 Å². The van der Waals surface area contributed by atoms with E-state index in [0.29, 0.717) is 11.6 Å². The Morgan fingerprint density at radius 2 is 1.88 bits per heavy atom. The van der Waals surface area contributed by atoms with Crippen LogP contribution in [0.25, 0.3) is 11.4 Å². The lowest BCUT2D eigenvalue weighted by molar-refractivity contribution is 0.0676. The number of hydrogen-bond acceptors (Lipinski definition) is 2. The maximum absolute atomic E-state index is 13.3. The number of carbonyl (C=O) groups is 1. The van der Waals surface area contributed by atoms with Gasteiger partial charge in [-0.2, -0.15) is 0 Å². The number of carbonyl (C=O) groups excluding carboxylic acids is 1. The minimum Gasteiger partial charge on any atom is -0.337 e. The van der Waals surface area contributed by atoms with Crippen LogP contribution < -0.4 is 0 Å². The SMILES string of the molecule is Cc1ccc(-c2nc(C(=O)N3CCCC(C)C3)c3n2CCCCC3)cc1. The molecule has 138 valence electrons. The normalized spacial score (nSPS) is 20.5. The number of hydrogen-bond donors (Lipinski definition) is 0. The summed E-state index contributed by atoms with van der Waals surface area (Å²) < 4.78 is 2.32. The van der Waals surface area contributed by atoms with E-state index in [0.717, 1.165) is 62.4 Å². The Morgan fingerprint density at radius 1 is 1.08 bits per heavy atom. The first-order valence-electron chi connectivity index (χ1n) is 10.1. The van der Waals surface area contributed by atoms with E-state index in [4.69, 9.17) is 4.98 Å². The molecular formula is C22H29N3O. The Hall–Kier alpha value is -2.10. The maximum Gasteiger partial charge on any atom is 0.274 e. The number of piperidine rings is 1. The van der Waals surface area contributed by atoms with Crippen LogP contribution in [0.4, 0.5) is 0 Å². The third kappa shape index (κ3) is 3.29. The van der Waals surface area contributed by atoms with Gasteiger partial charge in [-0.1, -0.05) is 43.2 Å². The van der Waals surface area contributed by atoms with Crippen molar-refractivity contribution in [1.29, 1.82) is 0 Å². The van der Waals surface area contributed by atoms with Crippen LogP contribution in [-0.4, -0.2) is 33.4 Å². The van der Waals surface area contributed by atoms with E-state index in [2.05, 4.69) is 42.7 Å². The van der Waals surface area contributed by atoms with Gasteiger partial charge in [0.1, 0.15) is 11.5 Å². The molecule has 0 saturated carbocycles. The van der Waals surface area contributed by atoms with Crippen LogP contribution in [-0.2, 0) is 13.0 Å². The molecule has 26 heavy (non-hydrogen) atoms. The highest BCUT2D eigenvalue weighted by atomic mass is 16.2. The van der Waals surface area contributed by atoms with E-state index in [1.807, 2.05) is 4.90 Å². The molecule has 1 saturated heterocycles. The van der Waals surface area contributed by atoms with E-state index in [-0.39, 0.29) is 5.91 Å². The largest absolute Gasteiger partial charge is 0.337 e. The third-order valence-electron chi connectivity index (χ3n) is 5.82. The molecule has 1 unspecified atom stereocenters. The van der Waals surface area contributed by atoms with Gasteiger partial charge in [-0.3, -0.25) is 4.79 Å². The number of benzene rings is 1. The first-order chi connectivity index (χ1) is 12.6. The Labute approximate surface area is 156 Å². The van der Waals surface area contributed by atoms with Gasteiger partial charge in [-0.15, -0.1) is 0 Å². The molecule has 4 heteroatoms. The fraction of sp³-hybridized carbons (Fsp3) is 0.545. The van der Waals surface area contributed by atoms with Gasteiger partial charge in [0.2, 0.25) is 0 Å². The maximum atomic E-state index is 13.3. The van der Waals surface area contributed by atoms with Crippen molar-refractivity contribution in [3.63, 3.8) is 0 Å². The lowest BCUT2D eigenvalue weighted by Crippen LogP contribution is -2.39. The standard InChI is InChI=1S/C22H29N3O/c1-16-9-11-18(12-10-16)21-23-20(19-8-4-3-5-14-25(19)21)22(26)24-13-6-7-17(2)15-24/h9-12,17H,3-8,13-15H2,1-2H3. The minimum absolute atomic E-state index is 0.139. The molecule has 2 aromatic rings. The average molecular weight is 351 g/mol. The van der Waals surface area contributed by atoms with Crippen LogP contribution in [0.1, 0.15) is 60.8 Å². The fourth-order valence-corrected chi connectivity index (χ4v) is 4.34. The van der Waals surface area contributed by atoms with Crippen molar-refractivity contribution in [1.82, 2.24) is 14.5 Å². The van der Waals surface area contributed by atoms with Crippen LogP contribution in [0, 0.1) is 12.8 Å². The highest BCUT2D eigenvalue weighted by molar-refractivity contribution is 5.94. The predicted molar refractivity (Wildman–Crippen MR) is 104 cm³/mol. The quantitative estimate of drug-likeness (QED) is 0.801. The highest BCUT2D eigenvalue weighted by Gasteiger charge is 2.29. The molecule has 4 nitrogen and oxygen atoms in total. The van der Waals surface area contributed by atoms with E-state index in [1.165, 1.54) is 18.4 Å². The third-order valence-corrected chi connectivity index (χ3v) is 5.82. The second kappa shape index (κ2) is 7.26. The zero-order chi connectivity index (χ0) is 18.1. The summed E-state index contributed by atoms with van der Waals surface area (Å²) in [6, 6.07) is 8.52. The molecule has 4 rings (SSSR count). The lowest BCUT2D eigenvalue weighted by atomic mass is 10.00. The Bertz CT molecular complexity index is 790. The molecule has 1 aromatic heterocycles. The number of aromatic nitrogens is 2. The van der Waals surface area contributed by atoms with Crippen molar-refractivity contribution in [2.45, 2.75) is 58.9 Å². The zero-order valence-electron chi connectivity index (χ0n) is 16.0. The van der Waals surface area contributed by atoms with Gasteiger partial charge < -0.3 is 9.47 Å². The van der Waals surface area contributed by atoms with Crippen LogP contribution >= 0.6 is 0 Å². The first kappa shape index (κ1) is 17.3. The Morgan fingerprint density at radius 3 is 2.65 bits per heavy atom. The Balaban J connectivity index is 1.74. The first-order valence-corrected chi connectivity index (χ1v) is 10.1. The Kier molecular flexibility index (Phi) is 4.84. The molecule has 1 fully saturated rings. The molecule has 1 amide bonds. The molecule has 0 N–H and O–H groups in total. The average Bonchev–Trinajstić information content (AvgIpc) is 2.83. The van der Waals surface area contributed by atoms with E-state index < -0.39 is 0 Å². The minimum atomic E-state index is 0.139. The molecule has 0 bridgehead atoms. The van der Waals surface area contributed by atoms with Crippen molar-refractivity contribution in [3.8, 4) is 11.4 Å². The molecular weight excluding hydrogens is 322 g/mol. The number of aryl methyl sites for hydroxylation is 1. The summed E-state index contributed by atoms with van der Waals surface area (Å²) in [5.74, 6) is 1.70. The van der Waals surface area contributed by atoms with Gasteiger partial charge in [0.25, 0.3) is 5.91 Å². The van der Waals surface area contributed by atoms with Crippen molar-refractivity contribution < 1.29 is 4.79 Å². The molecule has 2 aliphatic rings. The van der Waals surface area contributed by atoms with E-state index in [1.54, 1.807) is 0 Å². The molecule has 0 spiro atoms. The van der Waals surface area contributed by atoms with Gasteiger partial charge in [0.15, 0.2) is 0 Å². The second-order valence-electron chi connectivity index (χ2n) is 8.06. The summed E-state index contributed by atoms with van der Waals surface area (Å²) in [5, 5.41) is 0. The number of fused-ring (bicyclic) bond motifs is 1. The van der Waals surface area contributed by atoms with Gasteiger partial charge >= 0.3 is 0 Å². The number of rotatable bonds is 2. The number of likely N-dealkylation sites (tertiary alicyclic amines) is 1. The van der Waals surface area contributed by atoms with Crippen LogP contribution in [0.15, 0.2) is 24.3 Å². The topological polar surface area (TPSA) is 38.1 Å². The summed E-state index contributed by atoms with van der Waals surface area (Å²) in [4.78, 5) is 20.2. The van der Waals surface area contributed by atoms with Crippen molar-refractivity contribution in [2.75, 3.05) is 13.1 Å². The summed E-state index contributed by atoms with van der Waals surface area (Å²) >= 11 is 0. The summed E-state index contributed by atoms with van der Waals surface area (Å²) in [6.07, 6.45) is 6.83. The predicted octanol–water partition coefficient (Wildman–Crippen LogP) is 4.46. The molecule has 1 atom stereocenters. The zero-order valence-corrected chi connectivity index (χ0v) is 16.0. The molecule has 0 aliphatic carbocycles. The summed E-state index contributed by atoms with van der Waals surface area (Å²) in [6.45, 7) is 7.04. The van der Waals surface area contributed by atoms with Crippen molar-refractivity contribution >= 4 is 5.91 Å². The smallest absolute Gasteiger partial charge is 0.274 e. The van der Waals surface area contributed by atoms with Crippen molar-refractivity contribution in [3.05, 3.63) is 41.2 Å². The summed E-state index contributed by atoms with van der Waals surface area (Å²) in [5.41, 5.74) is 4.22. The van der Waals surface area contributed by atoms with Gasteiger partial charge in [-0.05, 0) is 44.9 Å². The van der Waals surface area contributed by atoms with Gasteiger partial charge in [-0.25, -0.2) is 4.98 Å². The molecule has 0 radical (unpaired) electrons. The lowest BCUT2D eigenvalue weighted by Gasteiger charge is -2.30. The van der Waals surface area contributed by atoms with Crippen LogP contribution in [0.2, 0.25) is 0 Å².